The van der Waals surface area contributed by atoms with Crippen LogP contribution in [0.4, 0.5) is 11.4 Å². The molecule has 0 fully saturated rings. The summed E-state index contributed by atoms with van der Waals surface area (Å²) in [5.41, 5.74) is 8.13. The molecule has 1 aromatic heterocycles. The zero-order valence-corrected chi connectivity index (χ0v) is 11.0. The summed E-state index contributed by atoms with van der Waals surface area (Å²) in [4.78, 5) is 0. The SMILES string of the molecule is Nc1cccc2c1CCCN2S(=O)(=O)c1ccn[nH]1. The Labute approximate surface area is 111 Å². The normalized spacial score (nSPS) is 15.3. The first-order chi connectivity index (χ1) is 9.10. The van der Waals surface area contributed by atoms with E-state index in [-0.39, 0.29) is 5.03 Å². The van der Waals surface area contributed by atoms with E-state index in [9.17, 15) is 8.42 Å². The predicted octanol–water partition coefficient (Wildman–Crippen LogP) is 1.13. The largest absolute Gasteiger partial charge is 0.398 e. The molecule has 1 aromatic carbocycles. The summed E-state index contributed by atoms with van der Waals surface area (Å²) in [6.45, 7) is 0.456. The van der Waals surface area contributed by atoms with Gasteiger partial charge in [0, 0.05) is 12.2 Å². The zero-order valence-electron chi connectivity index (χ0n) is 10.2. The van der Waals surface area contributed by atoms with Crippen molar-refractivity contribution in [3.8, 4) is 0 Å². The van der Waals surface area contributed by atoms with E-state index < -0.39 is 10.0 Å². The van der Waals surface area contributed by atoms with Gasteiger partial charge in [-0.05, 0) is 36.6 Å². The maximum Gasteiger partial charge on any atom is 0.281 e. The highest BCUT2D eigenvalue weighted by atomic mass is 32.2. The van der Waals surface area contributed by atoms with E-state index in [1.807, 2.05) is 0 Å². The number of hydrogen-bond acceptors (Lipinski definition) is 4. The molecule has 0 spiro atoms. The molecule has 0 atom stereocenters. The number of anilines is 2. The van der Waals surface area contributed by atoms with Crippen LogP contribution < -0.4 is 10.0 Å². The Morgan fingerprint density at radius 1 is 1.32 bits per heavy atom. The van der Waals surface area contributed by atoms with Crippen molar-refractivity contribution >= 4 is 21.4 Å². The highest BCUT2D eigenvalue weighted by Crippen LogP contribution is 2.34. The van der Waals surface area contributed by atoms with E-state index in [1.54, 1.807) is 18.2 Å². The number of nitrogen functional groups attached to an aromatic ring is 1. The summed E-state index contributed by atoms with van der Waals surface area (Å²) in [7, 11) is -3.59. The van der Waals surface area contributed by atoms with Crippen molar-refractivity contribution in [1.82, 2.24) is 10.2 Å². The van der Waals surface area contributed by atoms with Gasteiger partial charge in [0.2, 0.25) is 0 Å². The van der Waals surface area contributed by atoms with Crippen LogP contribution in [0.25, 0.3) is 0 Å². The van der Waals surface area contributed by atoms with Gasteiger partial charge in [-0.15, -0.1) is 0 Å². The standard InChI is InChI=1S/C12H14N4O2S/c13-10-4-1-5-11-9(10)3-2-8-16(11)19(17,18)12-6-7-14-15-12/h1,4-7H,2-3,8,13H2,(H,14,15). The summed E-state index contributed by atoms with van der Waals surface area (Å²) in [5, 5.41) is 6.31. The number of nitrogens with two attached hydrogens (primary N) is 1. The van der Waals surface area contributed by atoms with Crippen molar-refractivity contribution in [2.45, 2.75) is 17.9 Å². The van der Waals surface area contributed by atoms with Gasteiger partial charge in [0.25, 0.3) is 10.0 Å². The van der Waals surface area contributed by atoms with E-state index in [2.05, 4.69) is 10.2 Å². The number of hydrogen-bond donors (Lipinski definition) is 2. The van der Waals surface area contributed by atoms with Crippen molar-refractivity contribution in [1.29, 1.82) is 0 Å². The molecule has 1 aliphatic heterocycles. The van der Waals surface area contributed by atoms with Crippen molar-refractivity contribution in [2.75, 3.05) is 16.6 Å². The van der Waals surface area contributed by atoms with Crippen LogP contribution in [-0.2, 0) is 16.4 Å². The Morgan fingerprint density at radius 3 is 2.89 bits per heavy atom. The smallest absolute Gasteiger partial charge is 0.281 e. The first-order valence-corrected chi connectivity index (χ1v) is 7.44. The van der Waals surface area contributed by atoms with E-state index in [0.717, 1.165) is 18.4 Å². The Kier molecular flexibility index (Phi) is 2.70. The fraction of sp³-hybridized carbons (Fsp3) is 0.250. The quantitative estimate of drug-likeness (QED) is 0.805. The molecule has 3 rings (SSSR count). The van der Waals surface area contributed by atoms with Gasteiger partial charge in [-0.1, -0.05) is 6.07 Å². The lowest BCUT2D eigenvalue weighted by Gasteiger charge is -2.30. The summed E-state index contributed by atoms with van der Waals surface area (Å²) >= 11 is 0. The summed E-state index contributed by atoms with van der Waals surface area (Å²) in [5.74, 6) is 0. The topological polar surface area (TPSA) is 92.1 Å². The van der Waals surface area contributed by atoms with Gasteiger partial charge in [-0.3, -0.25) is 9.40 Å². The molecular formula is C12H14N4O2S. The number of nitrogens with zero attached hydrogens (tertiary/aromatic N) is 2. The van der Waals surface area contributed by atoms with Gasteiger partial charge in [0.15, 0.2) is 5.03 Å². The third-order valence-corrected chi connectivity index (χ3v) is 5.03. The van der Waals surface area contributed by atoms with E-state index in [0.29, 0.717) is 17.9 Å². The molecule has 1 aliphatic rings. The second-order valence-electron chi connectivity index (χ2n) is 4.45. The number of nitrogens with one attached hydrogen (secondary N) is 1. The number of aromatic nitrogens is 2. The molecule has 3 N–H and O–H groups in total. The van der Waals surface area contributed by atoms with Crippen molar-refractivity contribution in [2.24, 2.45) is 0 Å². The number of aromatic amines is 1. The molecule has 7 heteroatoms. The molecule has 2 aromatic rings. The van der Waals surface area contributed by atoms with Crippen molar-refractivity contribution in [3.05, 3.63) is 36.0 Å². The van der Waals surface area contributed by atoms with E-state index >= 15 is 0 Å². The van der Waals surface area contributed by atoms with Crippen LogP contribution in [0.5, 0.6) is 0 Å². The van der Waals surface area contributed by atoms with Crippen molar-refractivity contribution < 1.29 is 8.42 Å². The maximum absolute atomic E-state index is 12.5. The second kappa shape index (κ2) is 4.27. The molecule has 19 heavy (non-hydrogen) atoms. The average molecular weight is 278 g/mol. The monoisotopic (exact) mass is 278 g/mol. The Hall–Kier alpha value is -2.02. The fourth-order valence-electron chi connectivity index (χ4n) is 2.37. The molecule has 0 radical (unpaired) electrons. The van der Waals surface area contributed by atoms with E-state index in [1.165, 1.54) is 16.6 Å². The lowest BCUT2D eigenvalue weighted by Crippen LogP contribution is -2.36. The zero-order chi connectivity index (χ0) is 13.5. The van der Waals surface area contributed by atoms with Gasteiger partial charge < -0.3 is 5.73 Å². The summed E-state index contributed by atoms with van der Waals surface area (Å²) in [6, 6.07) is 6.81. The first kappa shape index (κ1) is 12.0. The van der Waals surface area contributed by atoms with Crippen LogP contribution >= 0.6 is 0 Å². The van der Waals surface area contributed by atoms with Crippen LogP contribution in [0.15, 0.2) is 35.5 Å². The molecule has 0 aliphatic carbocycles. The third-order valence-electron chi connectivity index (χ3n) is 3.29. The summed E-state index contributed by atoms with van der Waals surface area (Å²) in [6.07, 6.45) is 2.99. The minimum absolute atomic E-state index is 0.0998. The Bertz CT molecular complexity index is 695. The van der Waals surface area contributed by atoms with Crippen LogP contribution in [-0.4, -0.2) is 25.2 Å². The molecule has 6 nitrogen and oxygen atoms in total. The molecule has 0 unspecified atom stereocenters. The molecule has 0 amide bonds. The molecule has 0 saturated heterocycles. The maximum atomic E-state index is 12.5. The number of rotatable bonds is 2. The highest BCUT2D eigenvalue weighted by molar-refractivity contribution is 7.92. The van der Waals surface area contributed by atoms with Gasteiger partial charge in [0.05, 0.1) is 11.9 Å². The van der Waals surface area contributed by atoms with Crippen LogP contribution in [0.1, 0.15) is 12.0 Å². The lowest BCUT2D eigenvalue weighted by molar-refractivity contribution is 0.582. The third kappa shape index (κ3) is 1.86. The van der Waals surface area contributed by atoms with Gasteiger partial charge in [-0.25, -0.2) is 0 Å². The van der Waals surface area contributed by atoms with Crippen LogP contribution in [0.3, 0.4) is 0 Å². The molecule has 2 heterocycles. The number of benzene rings is 1. The first-order valence-electron chi connectivity index (χ1n) is 6.00. The van der Waals surface area contributed by atoms with Gasteiger partial charge in [-0.2, -0.15) is 13.5 Å². The van der Waals surface area contributed by atoms with E-state index in [4.69, 9.17) is 5.73 Å². The number of sulfonamides is 1. The molecule has 100 valence electrons. The molecule has 0 saturated carbocycles. The van der Waals surface area contributed by atoms with Gasteiger partial charge in [0.1, 0.15) is 0 Å². The van der Waals surface area contributed by atoms with Crippen molar-refractivity contribution in [3.63, 3.8) is 0 Å². The average Bonchev–Trinajstić information content (AvgIpc) is 2.93. The predicted molar refractivity (Wildman–Crippen MR) is 72.3 cm³/mol. The molecule has 0 bridgehead atoms. The summed E-state index contributed by atoms with van der Waals surface area (Å²) < 4.78 is 26.5. The highest BCUT2D eigenvalue weighted by Gasteiger charge is 2.30. The lowest BCUT2D eigenvalue weighted by atomic mass is 10.0. The van der Waals surface area contributed by atoms with Crippen LogP contribution in [0, 0.1) is 0 Å². The second-order valence-corrected chi connectivity index (χ2v) is 6.28. The Morgan fingerprint density at radius 2 is 2.16 bits per heavy atom. The van der Waals surface area contributed by atoms with Crippen LogP contribution in [0.2, 0.25) is 0 Å². The minimum Gasteiger partial charge on any atom is -0.398 e. The molecular weight excluding hydrogens is 264 g/mol. The fourth-order valence-corrected chi connectivity index (χ4v) is 3.81. The van der Waals surface area contributed by atoms with Gasteiger partial charge >= 0.3 is 0 Å². The number of H-pyrrole nitrogens is 1. The number of fused-ring (bicyclic) bond motifs is 1. The Balaban J connectivity index is 2.13. The minimum atomic E-state index is -3.59.